The summed E-state index contributed by atoms with van der Waals surface area (Å²) in [6.45, 7) is 6.50. The van der Waals surface area contributed by atoms with Gasteiger partial charge in [-0.15, -0.1) is 0 Å². The average Bonchev–Trinajstić information content (AvgIpc) is 2.80. The van der Waals surface area contributed by atoms with Gasteiger partial charge in [-0.05, 0) is 30.4 Å². The number of fused-ring (bicyclic) bond motifs is 1. The van der Waals surface area contributed by atoms with Crippen molar-refractivity contribution in [2.45, 2.75) is 33.2 Å². The summed E-state index contributed by atoms with van der Waals surface area (Å²) in [7, 11) is 0. The van der Waals surface area contributed by atoms with E-state index in [9.17, 15) is 0 Å². The summed E-state index contributed by atoms with van der Waals surface area (Å²) in [5.41, 5.74) is 2.59. The summed E-state index contributed by atoms with van der Waals surface area (Å²) in [5, 5.41) is 16.7. The lowest BCUT2D eigenvalue weighted by atomic mass is 9.88. The molecule has 0 radical (unpaired) electrons. The smallest absolute Gasteiger partial charge is 0.0706 e. The lowest BCUT2D eigenvalue weighted by Gasteiger charge is -2.24. The molecule has 2 rings (SSSR count). The van der Waals surface area contributed by atoms with Crippen LogP contribution in [0.4, 0.5) is 0 Å². The van der Waals surface area contributed by atoms with Crippen LogP contribution >= 0.6 is 0 Å². The highest BCUT2D eigenvalue weighted by Gasteiger charge is 2.16. The van der Waals surface area contributed by atoms with Crippen molar-refractivity contribution in [2.24, 2.45) is 5.41 Å². The van der Waals surface area contributed by atoms with Gasteiger partial charge in [0.05, 0.1) is 11.7 Å². The number of hydrogen-bond acceptors (Lipinski definition) is 3. The molecule has 0 amide bonds. The molecule has 0 fully saturated rings. The number of rotatable bonds is 7. The highest BCUT2D eigenvalue weighted by atomic mass is 16.2. The molecule has 0 aromatic carbocycles. The predicted molar refractivity (Wildman–Crippen MR) is 77.0 cm³/mol. The van der Waals surface area contributed by atoms with E-state index in [-0.39, 0.29) is 12.0 Å². The van der Waals surface area contributed by atoms with Crippen LogP contribution in [0.1, 0.15) is 32.3 Å². The molecule has 0 aliphatic carbocycles. The first kappa shape index (κ1) is 14.0. The Morgan fingerprint density at radius 1 is 1.37 bits per heavy atom. The van der Waals surface area contributed by atoms with Gasteiger partial charge in [0.15, 0.2) is 0 Å². The molecule has 0 saturated heterocycles. The molecular formula is C15H23N3O. The van der Waals surface area contributed by atoms with Crippen molar-refractivity contribution in [3.8, 4) is 0 Å². The van der Waals surface area contributed by atoms with Crippen molar-refractivity contribution in [3.63, 3.8) is 0 Å². The third kappa shape index (κ3) is 3.78. The van der Waals surface area contributed by atoms with E-state index >= 15 is 0 Å². The summed E-state index contributed by atoms with van der Waals surface area (Å²) in [5.74, 6) is 0. The lowest BCUT2D eigenvalue weighted by Crippen LogP contribution is -2.29. The van der Waals surface area contributed by atoms with E-state index in [0.717, 1.165) is 31.4 Å². The van der Waals surface area contributed by atoms with Crippen LogP contribution in [0, 0.1) is 5.41 Å². The van der Waals surface area contributed by atoms with E-state index in [1.165, 1.54) is 5.56 Å². The minimum absolute atomic E-state index is 0.214. The molecule has 0 aliphatic rings. The number of nitrogens with zero attached hydrogens (tertiary/aromatic N) is 2. The van der Waals surface area contributed by atoms with Gasteiger partial charge in [-0.2, -0.15) is 5.10 Å². The molecule has 0 bridgehead atoms. The molecule has 0 atom stereocenters. The molecule has 0 spiro atoms. The van der Waals surface area contributed by atoms with Gasteiger partial charge in [-0.3, -0.25) is 0 Å². The van der Waals surface area contributed by atoms with Gasteiger partial charge in [0.25, 0.3) is 0 Å². The maximum Gasteiger partial charge on any atom is 0.0706 e. The minimum atomic E-state index is 0.214. The second kappa shape index (κ2) is 6.17. The van der Waals surface area contributed by atoms with Crippen molar-refractivity contribution >= 4 is 5.52 Å². The summed E-state index contributed by atoms with van der Waals surface area (Å²) < 4.78 is 1.90. The van der Waals surface area contributed by atoms with Crippen LogP contribution in [0.2, 0.25) is 0 Å². The topological polar surface area (TPSA) is 49.6 Å². The van der Waals surface area contributed by atoms with Gasteiger partial charge in [0.1, 0.15) is 0 Å². The fraction of sp³-hybridized carbons (Fsp3) is 0.533. The van der Waals surface area contributed by atoms with E-state index in [0.29, 0.717) is 0 Å². The van der Waals surface area contributed by atoms with Crippen LogP contribution in [0.15, 0.2) is 30.6 Å². The first-order valence-electron chi connectivity index (χ1n) is 6.85. The standard InChI is InChI=1S/C15H23N3O/c1-15(2,7-5-9-19)12-16-10-13-11-17-18-8-4-3-6-14(13)18/h3-4,6,8,11,16,19H,5,7,9-10,12H2,1-2H3. The molecule has 0 aliphatic heterocycles. The molecule has 0 unspecified atom stereocenters. The molecule has 4 heteroatoms. The van der Waals surface area contributed by atoms with Gasteiger partial charge >= 0.3 is 0 Å². The SMILES string of the molecule is CC(C)(CCCO)CNCc1cnn2ccccc12. The first-order chi connectivity index (χ1) is 9.12. The molecule has 104 valence electrons. The van der Waals surface area contributed by atoms with E-state index in [1.54, 1.807) is 0 Å². The average molecular weight is 261 g/mol. The van der Waals surface area contributed by atoms with Crippen molar-refractivity contribution in [2.75, 3.05) is 13.2 Å². The Morgan fingerprint density at radius 2 is 2.21 bits per heavy atom. The molecule has 2 aromatic heterocycles. The van der Waals surface area contributed by atoms with Gasteiger partial charge in [0, 0.05) is 31.5 Å². The fourth-order valence-corrected chi connectivity index (χ4v) is 2.31. The van der Waals surface area contributed by atoms with E-state index < -0.39 is 0 Å². The molecular weight excluding hydrogens is 238 g/mol. The van der Waals surface area contributed by atoms with Crippen LogP contribution in [-0.2, 0) is 6.54 Å². The molecule has 2 heterocycles. The fourth-order valence-electron chi connectivity index (χ4n) is 2.31. The molecule has 0 saturated carbocycles. The zero-order valence-corrected chi connectivity index (χ0v) is 11.8. The summed E-state index contributed by atoms with van der Waals surface area (Å²) in [4.78, 5) is 0. The van der Waals surface area contributed by atoms with Crippen LogP contribution in [0.25, 0.3) is 5.52 Å². The van der Waals surface area contributed by atoms with Crippen molar-refractivity contribution in [1.82, 2.24) is 14.9 Å². The minimum Gasteiger partial charge on any atom is -0.396 e. The predicted octanol–water partition coefficient (Wildman–Crippen LogP) is 2.22. The number of aromatic nitrogens is 2. The largest absolute Gasteiger partial charge is 0.396 e. The Bertz CT molecular complexity index is 519. The number of nitrogens with one attached hydrogen (secondary N) is 1. The van der Waals surface area contributed by atoms with E-state index in [2.05, 4.69) is 30.3 Å². The Hall–Kier alpha value is -1.39. The van der Waals surface area contributed by atoms with Crippen LogP contribution < -0.4 is 5.32 Å². The molecule has 2 aromatic rings. The van der Waals surface area contributed by atoms with Crippen LogP contribution in [0.5, 0.6) is 0 Å². The number of pyridine rings is 1. The maximum absolute atomic E-state index is 8.89. The van der Waals surface area contributed by atoms with Gasteiger partial charge in [-0.25, -0.2) is 4.52 Å². The Kier molecular flexibility index (Phi) is 4.56. The zero-order chi connectivity index (χ0) is 13.7. The van der Waals surface area contributed by atoms with Gasteiger partial charge < -0.3 is 10.4 Å². The molecule has 4 nitrogen and oxygen atoms in total. The number of hydrogen-bond donors (Lipinski definition) is 2. The Balaban J connectivity index is 1.89. The van der Waals surface area contributed by atoms with E-state index in [4.69, 9.17) is 5.11 Å². The van der Waals surface area contributed by atoms with Gasteiger partial charge in [0.2, 0.25) is 0 Å². The summed E-state index contributed by atoms with van der Waals surface area (Å²) in [6, 6.07) is 6.10. The zero-order valence-electron chi connectivity index (χ0n) is 11.8. The monoisotopic (exact) mass is 261 g/mol. The van der Waals surface area contributed by atoms with Crippen LogP contribution in [0.3, 0.4) is 0 Å². The van der Waals surface area contributed by atoms with Crippen molar-refractivity contribution in [3.05, 3.63) is 36.2 Å². The van der Waals surface area contributed by atoms with Crippen molar-refractivity contribution < 1.29 is 5.11 Å². The maximum atomic E-state index is 8.89. The second-order valence-corrected chi connectivity index (χ2v) is 5.80. The highest BCUT2D eigenvalue weighted by molar-refractivity contribution is 5.53. The Morgan fingerprint density at radius 3 is 3.00 bits per heavy atom. The third-order valence-corrected chi connectivity index (χ3v) is 3.44. The highest BCUT2D eigenvalue weighted by Crippen LogP contribution is 2.21. The second-order valence-electron chi connectivity index (χ2n) is 5.80. The van der Waals surface area contributed by atoms with Crippen molar-refractivity contribution in [1.29, 1.82) is 0 Å². The quantitative estimate of drug-likeness (QED) is 0.803. The first-order valence-corrected chi connectivity index (χ1v) is 6.85. The van der Waals surface area contributed by atoms with Gasteiger partial charge in [-0.1, -0.05) is 19.9 Å². The molecule has 2 N–H and O–H groups in total. The number of aliphatic hydroxyl groups is 1. The third-order valence-electron chi connectivity index (χ3n) is 3.44. The molecule has 19 heavy (non-hydrogen) atoms. The van der Waals surface area contributed by atoms with E-state index in [1.807, 2.05) is 29.0 Å². The lowest BCUT2D eigenvalue weighted by molar-refractivity contribution is 0.236. The number of aliphatic hydroxyl groups excluding tert-OH is 1. The van der Waals surface area contributed by atoms with Crippen LogP contribution in [-0.4, -0.2) is 27.9 Å². The summed E-state index contributed by atoms with van der Waals surface area (Å²) >= 11 is 0. The summed E-state index contributed by atoms with van der Waals surface area (Å²) in [6.07, 6.45) is 5.78. The normalized spacial score (nSPS) is 12.2. The Labute approximate surface area is 114 Å².